The van der Waals surface area contributed by atoms with E-state index in [1.165, 1.54) is 8.52 Å². The second-order valence-corrected chi connectivity index (χ2v) is 5.03. The van der Waals surface area contributed by atoms with Crippen molar-refractivity contribution in [2.45, 2.75) is 13.5 Å². The maximum Gasteiger partial charge on any atom is 0.345 e. The zero-order chi connectivity index (χ0) is 11.7. The van der Waals surface area contributed by atoms with Crippen LogP contribution in [0.2, 0.25) is 0 Å². The lowest BCUT2D eigenvalue weighted by atomic mass is 10.3. The molecule has 6 heteroatoms. The molecule has 0 spiro atoms. The van der Waals surface area contributed by atoms with Gasteiger partial charge in [0, 0.05) is 22.5 Å². The molecule has 0 N–H and O–H groups in total. The van der Waals surface area contributed by atoms with E-state index >= 15 is 0 Å². The Morgan fingerprint density at radius 2 is 1.88 bits per heavy atom. The minimum absolute atomic E-state index is 0.255. The molecule has 0 unspecified atom stereocenters. The Kier molecular flexibility index (Phi) is 3.11. The predicted octanol–water partition coefficient (Wildman–Crippen LogP) is 1.84. The van der Waals surface area contributed by atoms with Gasteiger partial charge in [0.2, 0.25) is 0 Å². The quantitative estimate of drug-likeness (QED) is 0.849. The van der Waals surface area contributed by atoms with Gasteiger partial charge in [0.25, 0.3) is 0 Å². The molecule has 0 fully saturated rings. The van der Waals surface area contributed by atoms with Crippen molar-refractivity contribution in [1.29, 1.82) is 0 Å². The van der Waals surface area contributed by atoms with Gasteiger partial charge < -0.3 is 0 Å². The number of hydrogen-bond donors (Lipinski definition) is 0. The Hall–Kier alpha value is -1.14. The van der Waals surface area contributed by atoms with Crippen LogP contribution < -0.4 is 10.6 Å². The van der Waals surface area contributed by atoms with Gasteiger partial charge >= 0.3 is 10.6 Å². The highest BCUT2D eigenvalue weighted by atomic mass is 79.9. The molecular weight excluding hydrogens is 292 g/mol. The summed E-state index contributed by atoms with van der Waals surface area (Å²) in [6.07, 6.45) is 0. The van der Waals surface area contributed by atoms with E-state index in [0.29, 0.717) is 12.2 Å². The summed E-state index contributed by atoms with van der Waals surface area (Å²) in [5, 5.41) is 0. The van der Waals surface area contributed by atoms with Crippen LogP contribution in [0.1, 0.15) is 6.92 Å². The van der Waals surface area contributed by atoms with Crippen molar-refractivity contribution in [2.75, 3.05) is 0 Å². The minimum Gasteiger partial charge on any atom is -0.255 e. The highest BCUT2D eigenvalue weighted by Crippen LogP contribution is 2.11. The number of benzene rings is 1. The fraction of sp³-hybridized carbons (Fsp3) is 0.200. The van der Waals surface area contributed by atoms with Crippen LogP contribution >= 0.6 is 27.5 Å². The molecule has 0 atom stereocenters. The second-order valence-electron chi connectivity index (χ2n) is 3.15. The van der Waals surface area contributed by atoms with Crippen molar-refractivity contribution >= 4 is 27.5 Å². The van der Waals surface area contributed by atoms with Crippen molar-refractivity contribution in [2.24, 2.45) is 0 Å². The number of rotatable bonds is 2. The maximum absolute atomic E-state index is 11.8. The summed E-state index contributed by atoms with van der Waals surface area (Å²) in [5.41, 5.74) is 0.321. The van der Waals surface area contributed by atoms with E-state index in [1.807, 2.05) is 6.92 Å². The molecule has 84 valence electrons. The van der Waals surface area contributed by atoms with Gasteiger partial charge in [0.15, 0.2) is 0 Å². The Labute approximate surface area is 104 Å². The summed E-state index contributed by atoms with van der Waals surface area (Å²) < 4.78 is 3.53. The Morgan fingerprint density at radius 3 is 2.38 bits per heavy atom. The summed E-state index contributed by atoms with van der Waals surface area (Å²) in [5.74, 6) is 0. The zero-order valence-electron chi connectivity index (χ0n) is 8.51. The third kappa shape index (κ3) is 1.90. The molecule has 0 aliphatic heterocycles. The van der Waals surface area contributed by atoms with E-state index < -0.39 is 0 Å². The smallest absolute Gasteiger partial charge is 0.255 e. The second kappa shape index (κ2) is 4.39. The molecule has 2 rings (SSSR count). The maximum atomic E-state index is 11.8. The molecule has 0 saturated heterocycles. The number of hydrogen-bond acceptors (Lipinski definition) is 3. The van der Waals surface area contributed by atoms with Crippen LogP contribution in [-0.4, -0.2) is 8.52 Å². The highest BCUT2D eigenvalue weighted by Gasteiger charge is 2.10. The van der Waals surface area contributed by atoms with Crippen LogP contribution in [0.3, 0.4) is 0 Å². The van der Waals surface area contributed by atoms with Crippen molar-refractivity contribution < 1.29 is 0 Å². The van der Waals surface area contributed by atoms with Crippen molar-refractivity contribution in [3.63, 3.8) is 0 Å². The number of halogens is 1. The lowest BCUT2D eigenvalue weighted by Crippen LogP contribution is -2.26. The van der Waals surface area contributed by atoms with Gasteiger partial charge in [-0.15, -0.1) is 0 Å². The van der Waals surface area contributed by atoms with Crippen LogP contribution in [0.15, 0.2) is 38.3 Å². The SMILES string of the molecule is CCn1sc(=O)n(-c2ccc(Br)cc2)c1=O. The summed E-state index contributed by atoms with van der Waals surface area (Å²) >= 11 is 4.25. The van der Waals surface area contributed by atoms with Crippen LogP contribution in [0.25, 0.3) is 5.69 Å². The summed E-state index contributed by atoms with van der Waals surface area (Å²) in [6.45, 7) is 2.35. The molecule has 0 bridgehead atoms. The zero-order valence-corrected chi connectivity index (χ0v) is 10.9. The normalized spacial score (nSPS) is 10.6. The van der Waals surface area contributed by atoms with Gasteiger partial charge in [0.1, 0.15) is 0 Å². The Bertz CT molecular complexity index is 609. The largest absolute Gasteiger partial charge is 0.345 e. The molecule has 0 amide bonds. The molecule has 16 heavy (non-hydrogen) atoms. The van der Waals surface area contributed by atoms with E-state index in [4.69, 9.17) is 0 Å². The lowest BCUT2D eigenvalue weighted by Gasteiger charge is -1.99. The van der Waals surface area contributed by atoms with Crippen molar-refractivity contribution in [3.05, 3.63) is 48.9 Å². The van der Waals surface area contributed by atoms with Gasteiger partial charge in [-0.3, -0.25) is 4.79 Å². The van der Waals surface area contributed by atoms with Crippen LogP contribution in [0, 0.1) is 0 Å². The fourth-order valence-electron chi connectivity index (χ4n) is 1.37. The molecule has 0 aliphatic carbocycles. The van der Waals surface area contributed by atoms with E-state index in [9.17, 15) is 9.59 Å². The molecule has 0 aliphatic rings. The molecular formula is C10H9BrN2O2S. The third-order valence-corrected chi connectivity index (χ3v) is 3.65. The highest BCUT2D eigenvalue weighted by molar-refractivity contribution is 9.10. The molecule has 1 heterocycles. The fourth-order valence-corrected chi connectivity index (χ4v) is 2.38. The van der Waals surface area contributed by atoms with Gasteiger partial charge in [-0.2, -0.15) is 0 Å². The van der Waals surface area contributed by atoms with Gasteiger partial charge in [-0.05, 0) is 31.2 Å². The first kappa shape index (κ1) is 11.3. The van der Waals surface area contributed by atoms with Crippen LogP contribution in [0.5, 0.6) is 0 Å². The van der Waals surface area contributed by atoms with Crippen LogP contribution in [0.4, 0.5) is 0 Å². The molecule has 1 aromatic heterocycles. The van der Waals surface area contributed by atoms with Crippen molar-refractivity contribution in [3.8, 4) is 5.69 Å². The third-order valence-electron chi connectivity index (χ3n) is 2.15. The number of aryl methyl sites for hydroxylation is 1. The predicted molar refractivity (Wildman–Crippen MR) is 67.6 cm³/mol. The summed E-state index contributed by atoms with van der Waals surface area (Å²) in [6, 6.07) is 7.07. The van der Waals surface area contributed by atoms with Gasteiger partial charge in [0.05, 0.1) is 5.69 Å². The van der Waals surface area contributed by atoms with Crippen LogP contribution in [-0.2, 0) is 6.54 Å². The monoisotopic (exact) mass is 300 g/mol. The van der Waals surface area contributed by atoms with E-state index in [2.05, 4.69) is 15.9 Å². The minimum atomic E-state index is -0.278. The lowest BCUT2D eigenvalue weighted by molar-refractivity contribution is 0.755. The summed E-state index contributed by atoms with van der Waals surface area (Å²) in [7, 11) is 0. The molecule has 1 aromatic carbocycles. The van der Waals surface area contributed by atoms with E-state index in [-0.39, 0.29) is 10.6 Å². The standard InChI is InChI=1S/C10H9BrN2O2S/c1-2-12-9(14)13(10(15)16-12)8-5-3-7(11)4-6-8/h3-6H,2H2,1H3. The van der Waals surface area contributed by atoms with E-state index in [1.54, 1.807) is 24.3 Å². The summed E-state index contributed by atoms with van der Waals surface area (Å²) in [4.78, 5) is 23.2. The number of nitrogens with zero attached hydrogens (tertiary/aromatic N) is 2. The Morgan fingerprint density at radius 1 is 1.25 bits per heavy atom. The first-order valence-electron chi connectivity index (χ1n) is 4.72. The molecule has 2 aromatic rings. The first-order valence-corrected chi connectivity index (χ1v) is 6.29. The van der Waals surface area contributed by atoms with Gasteiger partial charge in [-0.25, -0.2) is 13.3 Å². The average molecular weight is 301 g/mol. The average Bonchev–Trinajstić information content (AvgIpc) is 2.56. The first-order chi connectivity index (χ1) is 7.63. The Balaban J connectivity index is 2.65. The topological polar surface area (TPSA) is 44.0 Å². The van der Waals surface area contributed by atoms with E-state index in [0.717, 1.165) is 16.0 Å². The number of aromatic nitrogens is 2. The molecule has 4 nitrogen and oxygen atoms in total. The van der Waals surface area contributed by atoms with Gasteiger partial charge in [-0.1, -0.05) is 15.9 Å². The molecule has 0 radical (unpaired) electrons. The molecule has 0 saturated carbocycles. The van der Waals surface area contributed by atoms with Crippen molar-refractivity contribution in [1.82, 2.24) is 8.52 Å².